The number of aromatic nitrogens is 5. The van der Waals surface area contributed by atoms with Crippen LogP contribution < -0.4 is 0 Å². The summed E-state index contributed by atoms with van der Waals surface area (Å²) in [7, 11) is 0. The Morgan fingerprint density at radius 2 is 1.59 bits per heavy atom. The molecule has 0 aliphatic carbocycles. The van der Waals surface area contributed by atoms with Crippen molar-refractivity contribution in [3.8, 4) is 22.5 Å². The number of H-pyrrole nitrogens is 1. The molecule has 2 heterocycles. The van der Waals surface area contributed by atoms with Crippen molar-refractivity contribution in [1.29, 1.82) is 0 Å². The van der Waals surface area contributed by atoms with Crippen molar-refractivity contribution >= 4 is 17.4 Å². The van der Waals surface area contributed by atoms with Gasteiger partial charge in [0.05, 0.1) is 28.5 Å². The first-order valence-corrected chi connectivity index (χ1v) is 11.6. The van der Waals surface area contributed by atoms with Crippen molar-refractivity contribution < 1.29 is 4.92 Å². The minimum Gasteiger partial charge on any atom is -0.332 e. The fourth-order valence-electron chi connectivity index (χ4n) is 3.57. The fourth-order valence-corrected chi connectivity index (χ4v) is 4.32. The van der Waals surface area contributed by atoms with Crippen LogP contribution in [-0.4, -0.2) is 29.9 Å². The molecule has 3 aromatic carbocycles. The zero-order chi connectivity index (χ0) is 23.3. The molecular formula is C25H20N6O2S. The maximum Gasteiger partial charge on any atom is 0.269 e. The molecule has 0 saturated heterocycles. The number of benzene rings is 3. The van der Waals surface area contributed by atoms with Crippen LogP contribution in [0, 0.1) is 10.1 Å². The van der Waals surface area contributed by atoms with E-state index in [0.29, 0.717) is 12.3 Å². The molecule has 2 aromatic heterocycles. The zero-order valence-electron chi connectivity index (χ0n) is 18.0. The summed E-state index contributed by atoms with van der Waals surface area (Å²) in [6, 6.07) is 26.7. The predicted molar refractivity (Wildman–Crippen MR) is 131 cm³/mol. The van der Waals surface area contributed by atoms with Crippen LogP contribution in [-0.2, 0) is 12.3 Å². The number of non-ortho nitro benzene ring substituents is 1. The van der Waals surface area contributed by atoms with Crippen LogP contribution in [0.25, 0.3) is 22.5 Å². The second-order valence-corrected chi connectivity index (χ2v) is 8.58. The van der Waals surface area contributed by atoms with E-state index in [9.17, 15) is 10.1 Å². The Bertz CT molecular complexity index is 1340. The molecule has 9 heteroatoms. The van der Waals surface area contributed by atoms with Gasteiger partial charge in [-0.25, -0.2) is 9.67 Å². The summed E-state index contributed by atoms with van der Waals surface area (Å²) in [6.45, 7) is 0.493. The number of nitrogens with one attached hydrogen (secondary N) is 1. The number of nitro groups is 1. The Morgan fingerprint density at radius 3 is 2.26 bits per heavy atom. The Morgan fingerprint density at radius 1 is 0.912 bits per heavy atom. The predicted octanol–water partition coefficient (Wildman–Crippen LogP) is 5.58. The molecule has 0 unspecified atom stereocenters. The molecule has 168 valence electrons. The molecule has 1 N–H and O–H groups in total. The zero-order valence-corrected chi connectivity index (χ0v) is 18.9. The molecule has 0 fully saturated rings. The lowest BCUT2D eigenvalue weighted by Gasteiger charge is -2.02. The van der Waals surface area contributed by atoms with Gasteiger partial charge in [0.15, 0.2) is 5.16 Å². The lowest BCUT2D eigenvalue weighted by Crippen LogP contribution is -2.00. The van der Waals surface area contributed by atoms with Crippen LogP contribution in [0.4, 0.5) is 5.69 Å². The average Bonchev–Trinajstić information content (AvgIpc) is 3.51. The van der Waals surface area contributed by atoms with Crippen molar-refractivity contribution in [3.05, 3.63) is 112 Å². The standard InChI is InChI=1S/C25H20N6O2S/c32-31(33)22-13-11-18(12-14-22)15-30-16-21(28-29-30)17-34-25-26-23(19-7-3-1-4-8-19)24(27-25)20-9-5-2-6-10-20/h1-14,16H,15,17H2,(H,26,27). The van der Waals surface area contributed by atoms with Gasteiger partial charge in [-0.15, -0.1) is 5.10 Å². The van der Waals surface area contributed by atoms with Gasteiger partial charge in [0.1, 0.15) is 0 Å². The summed E-state index contributed by atoms with van der Waals surface area (Å²) in [5.41, 5.74) is 5.84. The number of aromatic amines is 1. The third kappa shape index (κ3) is 4.89. The van der Waals surface area contributed by atoms with Gasteiger partial charge in [0, 0.05) is 35.2 Å². The Labute approximate surface area is 199 Å². The first-order valence-electron chi connectivity index (χ1n) is 10.6. The highest BCUT2D eigenvalue weighted by molar-refractivity contribution is 7.98. The van der Waals surface area contributed by atoms with Gasteiger partial charge in [-0.1, -0.05) is 89.8 Å². The third-order valence-corrected chi connectivity index (χ3v) is 6.13. The molecule has 34 heavy (non-hydrogen) atoms. The van der Waals surface area contributed by atoms with Crippen LogP contribution in [0.1, 0.15) is 11.3 Å². The van der Waals surface area contributed by atoms with E-state index in [2.05, 4.69) is 39.6 Å². The second-order valence-electron chi connectivity index (χ2n) is 7.62. The van der Waals surface area contributed by atoms with Gasteiger partial charge in [-0.3, -0.25) is 10.1 Å². The van der Waals surface area contributed by atoms with Crippen molar-refractivity contribution in [2.45, 2.75) is 17.5 Å². The molecule has 0 aliphatic heterocycles. The lowest BCUT2D eigenvalue weighted by molar-refractivity contribution is -0.384. The minimum atomic E-state index is -0.407. The normalized spacial score (nSPS) is 10.9. The average molecular weight is 469 g/mol. The van der Waals surface area contributed by atoms with Crippen molar-refractivity contribution in [1.82, 2.24) is 25.0 Å². The van der Waals surface area contributed by atoms with Crippen LogP contribution in [0.5, 0.6) is 0 Å². The van der Waals surface area contributed by atoms with Gasteiger partial charge in [-0.2, -0.15) is 0 Å². The SMILES string of the molecule is O=[N+]([O-])c1ccc(Cn2cc(CSc3nc(-c4ccccc4)c(-c4ccccc4)[nH]3)nn2)cc1. The molecule has 0 bridgehead atoms. The van der Waals surface area contributed by atoms with Gasteiger partial charge in [-0.05, 0) is 5.56 Å². The summed E-state index contributed by atoms with van der Waals surface area (Å²) >= 11 is 1.57. The third-order valence-electron chi connectivity index (χ3n) is 5.23. The van der Waals surface area contributed by atoms with Gasteiger partial charge in [0.25, 0.3) is 5.69 Å². The van der Waals surface area contributed by atoms with E-state index in [-0.39, 0.29) is 5.69 Å². The largest absolute Gasteiger partial charge is 0.332 e. The van der Waals surface area contributed by atoms with Crippen LogP contribution in [0.15, 0.2) is 96.3 Å². The van der Waals surface area contributed by atoms with Gasteiger partial charge >= 0.3 is 0 Å². The minimum absolute atomic E-state index is 0.0719. The van der Waals surface area contributed by atoms with Gasteiger partial charge in [0.2, 0.25) is 0 Å². The van der Waals surface area contributed by atoms with Crippen LogP contribution in [0.3, 0.4) is 0 Å². The number of rotatable bonds is 8. The number of thioether (sulfide) groups is 1. The Hall–Kier alpha value is -4.24. The number of nitrogens with zero attached hydrogens (tertiary/aromatic N) is 5. The monoisotopic (exact) mass is 468 g/mol. The van der Waals surface area contributed by atoms with E-state index in [1.165, 1.54) is 12.1 Å². The number of hydrogen-bond donors (Lipinski definition) is 1. The van der Waals surface area contributed by atoms with Crippen LogP contribution in [0.2, 0.25) is 0 Å². The van der Waals surface area contributed by atoms with E-state index in [1.807, 2.05) is 42.6 Å². The molecule has 0 radical (unpaired) electrons. The molecule has 0 spiro atoms. The van der Waals surface area contributed by atoms with Crippen molar-refractivity contribution in [2.75, 3.05) is 0 Å². The summed E-state index contributed by atoms with van der Waals surface area (Å²) in [4.78, 5) is 18.7. The highest BCUT2D eigenvalue weighted by atomic mass is 32.2. The molecule has 5 aromatic rings. The molecule has 8 nitrogen and oxygen atoms in total. The first-order chi connectivity index (χ1) is 16.7. The number of nitro benzene ring substituents is 1. The summed E-state index contributed by atoms with van der Waals surface area (Å²) in [5.74, 6) is 0.607. The number of imidazole rings is 1. The maximum absolute atomic E-state index is 10.8. The Balaban J connectivity index is 1.30. The smallest absolute Gasteiger partial charge is 0.269 e. The molecule has 0 amide bonds. The van der Waals surface area contributed by atoms with E-state index in [1.54, 1.807) is 28.6 Å². The van der Waals surface area contributed by atoms with E-state index in [4.69, 9.17) is 4.98 Å². The molecule has 0 aliphatic rings. The molecular weight excluding hydrogens is 448 g/mol. The lowest BCUT2D eigenvalue weighted by atomic mass is 10.1. The van der Waals surface area contributed by atoms with E-state index < -0.39 is 4.92 Å². The van der Waals surface area contributed by atoms with Crippen molar-refractivity contribution in [2.24, 2.45) is 0 Å². The topological polar surface area (TPSA) is 103 Å². The first kappa shape index (κ1) is 21.6. The molecule has 0 saturated carbocycles. The van der Waals surface area contributed by atoms with Gasteiger partial charge < -0.3 is 4.98 Å². The maximum atomic E-state index is 10.8. The summed E-state index contributed by atoms with van der Waals surface area (Å²) in [6.07, 6.45) is 1.88. The fraction of sp³-hybridized carbons (Fsp3) is 0.0800. The molecule has 5 rings (SSSR count). The summed E-state index contributed by atoms with van der Waals surface area (Å²) in [5, 5.41) is 20.1. The number of hydrogen-bond acceptors (Lipinski definition) is 6. The summed E-state index contributed by atoms with van der Waals surface area (Å²) < 4.78 is 1.73. The highest BCUT2D eigenvalue weighted by Crippen LogP contribution is 2.33. The van der Waals surface area contributed by atoms with E-state index >= 15 is 0 Å². The molecule has 0 atom stereocenters. The highest BCUT2D eigenvalue weighted by Gasteiger charge is 2.15. The van der Waals surface area contributed by atoms with E-state index in [0.717, 1.165) is 38.9 Å². The quantitative estimate of drug-likeness (QED) is 0.181. The van der Waals surface area contributed by atoms with Crippen LogP contribution >= 0.6 is 11.8 Å². The second kappa shape index (κ2) is 9.72. The van der Waals surface area contributed by atoms with Crippen molar-refractivity contribution in [3.63, 3.8) is 0 Å². The Kier molecular flexibility index (Phi) is 6.17.